The highest BCUT2D eigenvalue weighted by atomic mass is 16.6. The van der Waals surface area contributed by atoms with E-state index in [0.717, 1.165) is 0 Å². The van der Waals surface area contributed by atoms with Gasteiger partial charge in [-0.1, -0.05) is 0 Å². The van der Waals surface area contributed by atoms with Crippen molar-refractivity contribution in [2.45, 2.75) is 19.4 Å². The minimum Gasteiger partial charge on any atom is -0.481 e. The van der Waals surface area contributed by atoms with Crippen molar-refractivity contribution in [3.8, 4) is 11.8 Å². The second kappa shape index (κ2) is 8.90. The van der Waals surface area contributed by atoms with E-state index >= 15 is 0 Å². The van der Waals surface area contributed by atoms with E-state index in [9.17, 15) is 15.4 Å². The van der Waals surface area contributed by atoms with Crippen molar-refractivity contribution in [3.63, 3.8) is 0 Å². The Balaban J connectivity index is 2.10. The molecule has 10 nitrogen and oxygen atoms in total. The number of aromatic nitrogens is 2. The molecule has 148 valence electrons. The number of ether oxygens (including phenoxy) is 2. The lowest BCUT2D eigenvalue weighted by Gasteiger charge is -2.16. The number of nitro groups is 1. The van der Waals surface area contributed by atoms with Crippen LogP contribution in [0.1, 0.15) is 18.9 Å². The molecule has 1 N–H and O–H groups in total. The Bertz CT molecular complexity index is 994. The largest absolute Gasteiger partial charge is 0.481 e. The van der Waals surface area contributed by atoms with Gasteiger partial charge in [0, 0.05) is 36.5 Å². The number of nitriles is 1. The summed E-state index contributed by atoms with van der Waals surface area (Å²) in [6, 6.07) is 6.43. The van der Waals surface area contributed by atoms with Crippen LogP contribution < -0.4 is 10.1 Å². The molecule has 0 amide bonds. The maximum absolute atomic E-state index is 11.7. The third-order valence-electron chi connectivity index (χ3n) is 4.24. The molecule has 0 saturated carbocycles. The van der Waals surface area contributed by atoms with Gasteiger partial charge in [-0.15, -0.1) is 0 Å². The van der Waals surface area contributed by atoms with E-state index in [1.807, 2.05) is 6.07 Å². The fraction of sp³-hybridized carbons (Fsp3) is 0.263. The van der Waals surface area contributed by atoms with Gasteiger partial charge in [-0.2, -0.15) is 5.26 Å². The van der Waals surface area contributed by atoms with Crippen molar-refractivity contribution in [1.82, 2.24) is 9.97 Å². The molecule has 1 aliphatic heterocycles. The summed E-state index contributed by atoms with van der Waals surface area (Å²) in [7, 11) is 0. The predicted molar refractivity (Wildman–Crippen MR) is 106 cm³/mol. The van der Waals surface area contributed by atoms with Gasteiger partial charge in [-0.3, -0.25) is 15.1 Å². The zero-order valence-electron chi connectivity index (χ0n) is 15.7. The lowest BCUT2D eigenvalue weighted by Crippen LogP contribution is -2.16. The van der Waals surface area contributed by atoms with Crippen LogP contribution in [-0.4, -0.2) is 40.9 Å². The third-order valence-corrected chi connectivity index (χ3v) is 4.24. The lowest BCUT2D eigenvalue weighted by molar-refractivity contribution is -0.386. The Morgan fingerprint density at radius 1 is 1.48 bits per heavy atom. The molecule has 29 heavy (non-hydrogen) atoms. The standard InChI is InChI=1S/C19H18N6O4/c1-12(10-20)18(24-19-22-5-3-6-23-19)14-8-16(25(26)27)17(9-15(14)21-2)29-13-4-7-28-11-13/h3,5-6,8-9,13H,2,4,7,11H2,1H3,(H,22,23,24)/b18-12-. The Labute approximate surface area is 166 Å². The van der Waals surface area contributed by atoms with E-state index in [2.05, 4.69) is 27.0 Å². The Morgan fingerprint density at radius 2 is 2.24 bits per heavy atom. The SMILES string of the molecule is C=Nc1cc(OC2CCOC2)c([N+](=O)[O-])cc1/C(Nc1ncccn1)=C(\C)C#N. The molecule has 1 unspecified atom stereocenters. The average molecular weight is 394 g/mol. The number of aliphatic imine (C=N–C) groups is 1. The Hall–Kier alpha value is -3.84. The van der Waals surface area contributed by atoms with Crippen LogP contribution in [0.4, 0.5) is 17.3 Å². The summed E-state index contributed by atoms with van der Waals surface area (Å²) in [5.74, 6) is 0.305. The second-order valence-electron chi connectivity index (χ2n) is 6.16. The third kappa shape index (κ3) is 4.53. The van der Waals surface area contributed by atoms with E-state index in [4.69, 9.17) is 9.47 Å². The zero-order valence-corrected chi connectivity index (χ0v) is 15.7. The van der Waals surface area contributed by atoms with Gasteiger partial charge in [0.2, 0.25) is 5.95 Å². The van der Waals surface area contributed by atoms with E-state index < -0.39 is 4.92 Å². The van der Waals surface area contributed by atoms with E-state index in [1.165, 1.54) is 24.5 Å². The van der Waals surface area contributed by atoms with Gasteiger partial charge in [-0.05, 0) is 19.7 Å². The summed E-state index contributed by atoms with van der Waals surface area (Å²) in [4.78, 5) is 23.3. The molecule has 1 aromatic carbocycles. The molecule has 1 aliphatic rings. The monoisotopic (exact) mass is 394 g/mol. The summed E-state index contributed by atoms with van der Waals surface area (Å²) < 4.78 is 11.0. The quantitative estimate of drug-likeness (QED) is 0.327. The van der Waals surface area contributed by atoms with Crippen molar-refractivity contribution in [2.75, 3.05) is 18.5 Å². The molecular formula is C19H18N6O4. The minimum absolute atomic E-state index is 0.0709. The number of benzene rings is 1. The summed E-state index contributed by atoms with van der Waals surface area (Å²) >= 11 is 0. The van der Waals surface area contributed by atoms with E-state index in [-0.39, 0.29) is 29.1 Å². The molecule has 2 aromatic rings. The maximum atomic E-state index is 11.7. The van der Waals surface area contributed by atoms with Crippen molar-refractivity contribution < 1.29 is 14.4 Å². The van der Waals surface area contributed by atoms with Crippen LogP contribution in [0.25, 0.3) is 5.70 Å². The van der Waals surface area contributed by atoms with Crippen LogP contribution in [0.15, 0.2) is 41.2 Å². The second-order valence-corrected chi connectivity index (χ2v) is 6.16. The molecule has 2 heterocycles. The van der Waals surface area contributed by atoms with Gasteiger partial charge in [0.25, 0.3) is 0 Å². The molecule has 1 aromatic heterocycles. The number of anilines is 1. The normalized spacial score (nSPS) is 16.5. The van der Waals surface area contributed by atoms with Crippen LogP contribution in [0, 0.1) is 21.4 Å². The average Bonchev–Trinajstić information content (AvgIpc) is 3.25. The van der Waals surface area contributed by atoms with Crippen molar-refractivity contribution in [2.24, 2.45) is 4.99 Å². The molecular weight excluding hydrogens is 376 g/mol. The molecule has 1 atom stereocenters. The summed E-state index contributed by atoms with van der Waals surface area (Å²) in [5, 5.41) is 24.1. The molecule has 1 fully saturated rings. The van der Waals surface area contributed by atoms with Crippen LogP contribution >= 0.6 is 0 Å². The summed E-state index contributed by atoms with van der Waals surface area (Å²) in [5.41, 5.74) is 0.943. The summed E-state index contributed by atoms with van der Waals surface area (Å²) in [6.45, 7) is 6.03. The topological polar surface area (TPSA) is 136 Å². The van der Waals surface area contributed by atoms with Gasteiger partial charge in [0.1, 0.15) is 6.10 Å². The van der Waals surface area contributed by atoms with Crippen molar-refractivity contribution in [3.05, 3.63) is 51.8 Å². The minimum atomic E-state index is -0.542. The first-order valence-electron chi connectivity index (χ1n) is 8.72. The molecule has 0 radical (unpaired) electrons. The van der Waals surface area contributed by atoms with Crippen LogP contribution in [0.3, 0.4) is 0 Å². The first-order valence-corrected chi connectivity index (χ1v) is 8.72. The molecule has 3 rings (SSSR count). The smallest absolute Gasteiger partial charge is 0.311 e. The number of nitro benzene ring substituents is 1. The van der Waals surface area contributed by atoms with E-state index in [0.29, 0.717) is 36.6 Å². The Morgan fingerprint density at radius 3 is 2.83 bits per heavy atom. The van der Waals surface area contributed by atoms with Crippen LogP contribution in [-0.2, 0) is 4.74 Å². The first-order chi connectivity index (χ1) is 14.0. The number of nitrogens with zero attached hydrogens (tertiary/aromatic N) is 5. The molecule has 10 heteroatoms. The van der Waals surface area contributed by atoms with Gasteiger partial charge in [0.05, 0.1) is 41.2 Å². The number of nitrogens with one attached hydrogen (secondary N) is 1. The van der Waals surface area contributed by atoms with E-state index in [1.54, 1.807) is 13.0 Å². The summed E-state index contributed by atoms with van der Waals surface area (Å²) in [6.07, 6.45) is 3.43. The van der Waals surface area contributed by atoms with Gasteiger partial charge < -0.3 is 14.8 Å². The number of hydrogen-bond donors (Lipinski definition) is 1. The first kappa shape index (κ1) is 19.9. The molecule has 0 bridgehead atoms. The van der Waals surface area contributed by atoms with Crippen LogP contribution in [0.5, 0.6) is 5.75 Å². The highest BCUT2D eigenvalue weighted by Gasteiger charge is 2.26. The highest BCUT2D eigenvalue weighted by Crippen LogP contribution is 2.39. The van der Waals surface area contributed by atoms with Crippen molar-refractivity contribution in [1.29, 1.82) is 5.26 Å². The van der Waals surface area contributed by atoms with Gasteiger partial charge in [0.15, 0.2) is 5.75 Å². The lowest BCUT2D eigenvalue weighted by atomic mass is 10.0. The number of hydrogen-bond acceptors (Lipinski definition) is 9. The highest BCUT2D eigenvalue weighted by molar-refractivity contribution is 5.87. The molecule has 1 saturated heterocycles. The van der Waals surface area contributed by atoms with Gasteiger partial charge in [-0.25, -0.2) is 9.97 Å². The Kier molecular flexibility index (Phi) is 6.11. The number of rotatable bonds is 7. The van der Waals surface area contributed by atoms with Gasteiger partial charge >= 0.3 is 5.69 Å². The predicted octanol–water partition coefficient (Wildman–Crippen LogP) is 3.25. The van der Waals surface area contributed by atoms with Crippen molar-refractivity contribution >= 4 is 29.7 Å². The molecule has 0 aliphatic carbocycles. The fourth-order valence-corrected chi connectivity index (χ4v) is 2.81. The molecule has 0 spiro atoms. The fourth-order valence-electron chi connectivity index (χ4n) is 2.81. The zero-order chi connectivity index (χ0) is 20.8. The number of allylic oxidation sites excluding steroid dienone is 1. The van der Waals surface area contributed by atoms with Crippen LogP contribution in [0.2, 0.25) is 0 Å². The maximum Gasteiger partial charge on any atom is 0.311 e.